The fraction of sp³-hybridized carbons (Fsp3) is 0.917. The number of hydrogen-bond acceptors (Lipinski definition) is 6. The summed E-state index contributed by atoms with van der Waals surface area (Å²) in [5.41, 5.74) is -1.49. The Labute approximate surface area is 344 Å². The molecule has 56 heavy (non-hydrogen) atoms. The Kier molecular flexibility index (Phi) is 39.5. The minimum Gasteiger partial charge on any atom is -0.481 e. The van der Waals surface area contributed by atoms with E-state index in [1.54, 1.807) is 0 Å². The molecule has 0 amide bonds. The number of carboxylic acids is 2. The lowest BCUT2D eigenvalue weighted by molar-refractivity contribution is -0.168. The standard InChI is InChI=1S/C48H90O8/c1-3-5-7-9-11-13-15-17-19-21-23-25-27-31-35-39-45(51)55-42-48(47(53)54,41-37-33-29-30-34-38-44(49)50)43-56-46(52)40-36-32-28-26-24-22-20-18-16-14-12-10-8-6-4-2/h3-43H2,1-2H3,(H,49,50)(H,53,54). The van der Waals surface area contributed by atoms with Crippen LogP contribution in [0.25, 0.3) is 0 Å². The van der Waals surface area contributed by atoms with E-state index in [4.69, 9.17) is 14.6 Å². The zero-order valence-corrected chi connectivity index (χ0v) is 36.8. The van der Waals surface area contributed by atoms with E-state index in [2.05, 4.69) is 13.8 Å². The molecule has 0 spiro atoms. The van der Waals surface area contributed by atoms with Crippen molar-refractivity contribution < 1.29 is 38.9 Å². The van der Waals surface area contributed by atoms with Gasteiger partial charge in [-0.25, -0.2) is 0 Å². The van der Waals surface area contributed by atoms with Gasteiger partial charge < -0.3 is 19.7 Å². The number of rotatable bonds is 45. The van der Waals surface area contributed by atoms with Crippen molar-refractivity contribution in [2.45, 2.75) is 264 Å². The number of ether oxygens (including phenoxy) is 2. The van der Waals surface area contributed by atoms with Crippen molar-refractivity contribution in [1.29, 1.82) is 0 Å². The molecule has 0 aliphatic rings. The quantitative estimate of drug-likeness (QED) is 0.0461. The molecule has 0 aliphatic carbocycles. The van der Waals surface area contributed by atoms with Crippen molar-refractivity contribution in [3.63, 3.8) is 0 Å². The van der Waals surface area contributed by atoms with E-state index in [1.807, 2.05) is 0 Å². The highest BCUT2D eigenvalue weighted by Gasteiger charge is 2.41. The third-order valence-corrected chi connectivity index (χ3v) is 11.5. The van der Waals surface area contributed by atoms with Gasteiger partial charge in [0.15, 0.2) is 0 Å². The number of hydrogen-bond donors (Lipinski definition) is 2. The zero-order valence-electron chi connectivity index (χ0n) is 36.8. The van der Waals surface area contributed by atoms with Crippen LogP contribution in [0.2, 0.25) is 0 Å². The second kappa shape index (κ2) is 41.1. The van der Waals surface area contributed by atoms with E-state index in [-0.39, 0.29) is 38.9 Å². The monoisotopic (exact) mass is 795 g/mol. The first-order valence-electron chi connectivity index (χ1n) is 24.0. The van der Waals surface area contributed by atoms with Crippen molar-refractivity contribution in [2.75, 3.05) is 13.2 Å². The van der Waals surface area contributed by atoms with Crippen LogP contribution in [0.1, 0.15) is 264 Å². The third kappa shape index (κ3) is 36.2. The van der Waals surface area contributed by atoms with Gasteiger partial charge in [-0.1, -0.05) is 219 Å². The summed E-state index contributed by atoms with van der Waals surface area (Å²) < 4.78 is 11.1. The lowest BCUT2D eigenvalue weighted by atomic mass is 9.83. The molecular formula is C48H90O8. The maximum absolute atomic E-state index is 12.7. The van der Waals surface area contributed by atoms with Crippen molar-refractivity contribution in [1.82, 2.24) is 0 Å². The van der Waals surface area contributed by atoms with E-state index in [9.17, 15) is 24.3 Å². The lowest BCUT2D eigenvalue weighted by Crippen LogP contribution is -2.41. The molecule has 0 aromatic rings. The van der Waals surface area contributed by atoms with Crippen LogP contribution in [0, 0.1) is 5.41 Å². The van der Waals surface area contributed by atoms with Crippen LogP contribution in [0.5, 0.6) is 0 Å². The average Bonchev–Trinajstić information content (AvgIpc) is 3.18. The maximum Gasteiger partial charge on any atom is 0.316 e. The molecule has 0 fully saturated rings. The summed E-state index contributed by atoms with van der Waals surface area (Å²) in [5, 5.41) is 19.2. The highest BCUT2D eigenvalue weighted by molar-refractivity contribution is 5.77. The average molecular weight is 795 g/mol. The van der Waals surface area contributed by atoms with Gasteiger partial charge in [0, 0.05) is 19.3 Å². The lowest BCUT2D eigenvalue weighted by Gasteiger charge is -2.28. The Hall–Kier alpha value is -2.12. The van der Waals surface area contributed by atoms with E-state index >= 15 is 0 Å². The molecule has 0 radical (unpaired) electrons. The summed E-state index contributed by atoms with van der Waals surface area (Å²) in [6.45, 7) is 3.89. The summed E-state index contributed by atoms with van der Waals surface area (Å²) in [5.74, 6) is -2.73. The first-order chi connectivity index (χ1) is 27.3. The van der Waals surface area contributed by atoms with Gasteiger partial charge in [0.05, 0.1) is 0 Å². The Morgan fingerprint density at radius 3 is 0.875 bits per heavy atom. The van der Waals surface area contributed by atoms with Gasteiger partial charge in [-0.2, -0.15) is 0 Å². The largest absolute Gasteiger partial charge is 0.481 e. The molecule has 0 aliphatic heterocycles. The maximum atomic E-state index is 12.7. The summed E-state index contributed by atoms with van der Waals surface area (Å²) in [7, 11) is 0. The van der Waals surface area contributed by atoms with Gasteiger partial charge >= 0.3 is 23.9 Å². The normalized spacial score (nSPS) is 11.5. The molecule has 0 bridgehead atoms. The Bertz CT molecular complexity index is 869. The van der Waals surface area contributed by atoms with Gasteiger partial charge in [0.2, 0.25) is 0 Å². The van der Waals surface area contributed by atoms with E-state index in [0.29, 0.717) is 12.8 Å². The highest BCUT2D eigenvalue weighted by atomic mass is 16.6. The van der Waals surface area contributed by atoms with Crippen LogP contribution < -0.4 is 0 Å². The van der Waals surface area contributed by atoms with Gasteiger partial charge in [0.1, 0.15) is 18.6 Å². The van der Waals surface area contributed by atoms with Gasteiger partial charge in [-0.3, -0.25) is 19.2 Å². The first kappa shape index (κ1) is 53.9. The first-order valence-corrected chi connectivity index (χ1v) is 24.0. The SMILES string of the molecule is CCCCCCCCCCCCCCCCCC(=O)OCC(CCCCCCCC(=O)O)(COC(=O)CCCCCCCCCCCCCCCCC)C(=O)O. The zero-order chi connectivity index (χ0) is 41.2. The van der Waals surface area contributed by atoms with E-state index in [1.165, 1.54) is 154 Å². The minimum absolute atomic E-state index is 0.129. The Balaban J connectivity index is 4.43. The van der Waals surface area contributed by atoms with Crippen molar-refractivity contribution in [2.24, 2.45) is 5.41 Å². The van der Waals surface area contributed by atoms with Crippen LogP contribution in [0.15, 0.2) is 0 Å². The Morgan fingerprint density at radius 1 is 0.357 bits per heavy atom. The van der Waals surface area contributed by atoms with Crippen LogP contribution in [0.3, 0.4) is 0 Å². The smallest absolute Gasteiger partial charge is 0.316 e. The topological polar surface area (TPSA) is 127 Å². The number of unbranched alkanes of at least 4 members (excludes halogenated alkanes) is 32. The van der Waals surface area contributed by atoms with E-state index < -0.39 is 29.3 Å². The molecule has 2 N–H and O–H groups in total. The number of esters is 2. The highest BCUT2D eigenvalue weighted by Crippen LogP contribution is 2.29. The van der Waals surface area contributed by atoms with Crippen molar-refractivity contribution >= 4 is 23.9 Å². The second-order valence-corrected chi connectivity index (χ2v) is 17.0. The van der Waals surface area contributed by atoms with Crippen LogP contribution >= 0.6 is 0 Å². The molecule has 0 rings (SSSR count). The number of carbonyl (C=O) groups is 4. The molecule has 330 valence electrons. The molecular weight excluding hydrogens is 705 g/mol. The number of carbonyl (C=O) groups excluding carboxylic acids is 2. The van der Waals surface area contributed by atoms with Crippen LogP contribution in [-0.2, 0) is 28.7 Å². The molecule has 8 heteroatoms. The molecule has 0 saturated heterocycles. The van der Waals surface area contributed by atoms with Crippen LogP contribution in [0.4, 0.5) is 0 Å². The summed E-state index contributed by atoms with van der Waals surface area (Å²) in [6, 6.07) is 0. The third-order valence-electron chi connectivity index (χ3n) is 11.5. The molecule has 0 atom stereocenters. The minimum atomic E-state index is -1.49. The molecule has 0 unspecified atom stereocenters. The van der Waals surface area contributed by atoms with Crippen LogP contribution in [-0.4, -0.2) is 47.3 Å². The molecule has 0 aromatic heterocycles. The van der Waals surface area contributed by atoms with Gasteiger partial charge in [-0.15, -0.1) is 0 Å². The van der Waals surface area contributed by atoms with Gasteiger partial charge in [-0.05, 0) is 25.7 Å². The molecule has 0 aromatic carbocycles. The molecule has 8 nitrogen and oxygen atoms in total. The fourth-order valence-corrected chi connectivity index (χ4v) is 7.55. The summed E-state index contributed by atoms with van der Waals surface area (Å²) in [4.78, 5) is 48.8. The van der Waals surface area contributed by atoms with E-state index in [0.717, 1.165) is 57.8 Å². The summed E-state index contributed by atoms with van der Waals surface area (Å²) in [6.07, 6.45) is 41.6. The molecule has 0 heterocycles. The Morgan fingerprint density at radius 2 is 0.607 bits per heavy atom. The predicted octanol–water partition coefficient (Wildman–Crippen LogP) is 14.5. The van der Waals surface area contributed by atoms with Gasteiger partial charge in [0.25, 0.3) is 0 Å². The second-order valence-electron chi connectivity index (χ2n) is 17.0. The number of aliphatic carboxylic acids is 2. The fourth-order valence-electron chi connectivity index (χ4n) is 7.55. The van der Waals surface area contributed by atoms with Crippen molar-refractivity contribution in [3.05, 3.63) is 0 Å². The van der Waals surface area contributed by atoms with Crippen molar-refractivity contribution in [3.8, 4) is 0 Å². The molecule has 0 saturated carbocycles. The summed E-state index contributed by atoms with van der Waals surface area (Å²) >= 11 is 0. The predicted molar refractivity (Wildman–Crippen MR) is 231 cm³/mol. The number of carboxylic acid groups (broad SMARTS) is 2.